The van der Waals surface area contributed by atoms with Gasteiger partial charge in [0, 0.05) is 12.8 Å². The molecule has 1 rings (SSSR count). The molecular weight excluding hydrogens is 276 g/mol. The molecule has 0 spiro atoms. The van der Waals surface area contributed by atoms with Crippen LogP contribution < -0.4 is 0 Å². The van der Waals surface area contributed by atoms with Gasteiger partial charge >= 0.3 is 0 Å². The fourth-order valence-electron chi connectivity index (χ4n) is 3.32. The molecule has 0 aromatic carbocycles. The highest BCUT2D eigenvalue weighted by Crippen LogP contribution is 2.51. The highest BCUT2D eigenvalue weighted by molar-refractivity contribution is 5.43. The van der Waals surface area contributed by atoms with Crippen molar-refractivity contribution in [3.05, 3.63) is 0 Å². The molecule has 2 unspecified atom stereocenters. The molecule has 21 heavy (non-hydrogen) atoms. The number of hydrogen-bond donors (Lipinski definition) is 0. The van der Waals surface area contributed by atoms with Crippen molar-refractivity contribution >= 4 is 24.3 Å². The Labute approximate surface area is 120 Å². The summed E-state index contributed by atoms with van der Waals surface area (Å²) in [4.78, 5) is 57.4. The third kappa shape index (κ3) is 3.16. The van der Waals surface area contributed by atoms with Gasteiger partial charge in [0.25, 0.3) is 0 Å². The van der Waals surface area contributed by atoms with Crippen molar-refractivity contribution in [2.45, 2.75) is 50.9 Å². The van der Waals surface area contributed by atoms with Gasteiger partial charge in [-0.15, -0.1) is 0 Å². The van der Waals surface area contributed by atoms with E-state index in [0.717, 1.165) is 0 Å². The zero-order chi connectivity index (χ0) is 16.1. The van der Waals surface area contributed by atoms with Crippen molar-refractivity contribution in [3.8, 4) is 0 Å². The number of carbonyl (C=O) groups excluding carboxylic acids is 4. The molecule has 110 valence electrons. The van der Waals surface area contributed by atoms with E-state index in [1.165, 1.54) is 24.3 Å². The van der Waals surface area contributed by atoms with Gasteiger partial charge in [0.2, 0.25) is 24.3 Å². The lowest BCUT2D eigenvalue weighted by atomic mass is 9.61. The molecule has 1 fully saturated rings. The van der Waals surface area contributed by atoms with Crippen LogP contribution in [0.15, 0.2) is 20.0 Å². The zero-order valence-electron chi connectivity index (χ0n) is 11.9. The van der Waals surface area contributed by atoms with Crippen LogP contribution in [-0.4, -0.2) is 41.6 Å². The number of isocyanates is 4. The van der Waals surface area contributed by atoms with Crippen LogP contribution in [0, 0.1) is 5.41 Å². The van der Waals surface area contributed by atoms with E-state index in [9.17, 15) is 19.2 Å². The third-order valence-corrected chi connectivity index (χ3v) is 3.70. The van der Waals surface area contributed by atoms with Gasteiger partial charge in [0.15, 0.2) is 5.66 Å². The molecule has 0 aromatic rings. The summed E-state index contributed by atoms with van der Waals surface area (Å²) in [6.07, 6.45) is 5.73. The van der Waals surface area contributed by atoms with Gasteiger partial charge in [-0.25, -0.2) is 19.2 Å². The van der Waals surface area contributed by atoms with Gasteiger partial charge in [0.1, 0.15) is 0 Å². The first-order chi connectivity index (χ1) is 9.79. The summed E-state index contributed by atoms with van der Waals surface area (Å²) in [5, 5.41) is 0. The minimum Gasteiger partial charge on any atom is -0.211 e. The third-order valence-electron chi connectivity index (χ3n) is 3.70. The van der Waals surface area contributed by atoms with Gasteiger partial charge in [-0.1, -0.05) is 13.8 Å². The first kappa shape index (κ1) is 16.6. The van der Waals surface area contributed by atoms with E-state index in [1.54, 1.807) is 20.8 Å². The van der Waals surface area contributed by atoms with Crippen LogP contribution in [0.25, 0.3) is 0 Å². The highest BCUT2D eigenvalue weighted by Gasteiger charge is 2.57. The Balaban J connectivity index is 3.57. The molecule has 0 amide bonds. The van der Waals surface area contributed by atoms with Crippen molar-refractivity contribution in [3.63, 3.8) is 0 Å². The average Bonchev–Trinajstić information content (AvgIpc) is 2.34. The summed E-state index contributed by atoms with van der Waals surface area (Å²) in [6, 6.07) is -0.694. The van der Waals surface area contributed by atoms with Gasteiger partial charge in [0.05, 0.1) is 11.6 Å². The second-order valence-electron chi connectivity index (χ2n) is 5.91. The lowest BCUT2D eigenvalue weighted by Crippen LogP contribution is -2.57. The van der Waals surface area contributed by atoms with E-state index in [1.807, 2.05) is 0 Å². The van der Waals surface area contributed by atoms with Crippen LogP contribution in [0.1, 0.15) is 33.6 Å². The van der Waals surface area contributed by atoms with Crippen molar-refractivity contribution in [1.29, 1.82) is 0 Å². The Bertz CT molecular complexity index is 600. The Morgan fingerprint density at radius 1 is 0.810 bits per heavy atom. The van der Waals surface area contributed by atoms with Crippen LogP contribution in [0.4, 0.5) is 0 Å². The smallest absolute Gasteiger partial charge is 0.211 e. The number of aliphatic imine (C=N–C) groups is 4. The van der Waals surface area contributed by atoms with Crippen LogP contribution in [0.5, 0.6) is 0 Å². The maximum atomic E-state index is 10.7. The van der Waals surface area contributed by atoms with E-state index in [2.05, 4.69) is 20.0 Å². The van der Waals surface area contributed by atoms with Crippen molar-refractivity contribution in [2.75, 3.05) is 0 Å². The van der Waals surface area contributed by atoms with E-state index >= 15 is 0 Å². The number of nitrogens with zero attached hydrogens (tertiary/aromatic N) is 4. The summed E-state index contributed by atoms with van der Waals surface area (Å²) in [7, 11) is 0. The van der Waals surface area contributed by atoms with Crippen molar-refractivity contribution in [2.24, 2.45) is 25.4 Å². The molecule has 2 atom stereocenters. The zero-order valence-corrected chi connectivity index (χ0v) is 11.9. The lowest BCUT2D eigenvalue weighted by Gasteiger charge is -2.49. The Hall–Kier alpha value is -2.48. The molecule has 1 aliphatic rings. The van der Waals surface area contributed by atoms with Gasteiger partial charge in [-0.2, -0.15) is 20.0 Å². The fraction of sp³-hybridized carbons (Fsp3) is 0.692. The van der Waals surface area contributed by atoms with E-state index < -0.39 is 22.7 Å². The van der Waals surface area contributed by atoms with Gasteiger partial charge < -0.3 is 0 Å². The minimum absolute atomic E-state index is 0.0704. The van der Waals surface area contributed by atoms with E-state index in [4.69, 9.17) is 0 Å². The molecule has 0 bridgehead atoms. The van der Waals surface area contributed by atoms with E-state index in [0.29, 0.717) is 0 Å². The maximum absolute atomic E-state index is 10.7. The van der Waals surface area contributed by atoms with E-state index in [-0.39, 0.29) is 12.8 Å². The first-order valence-electron chi connectivity index (χ1n) is 6.13. The monoisotopic (exact) mass is 290 g/mol. The molecule has 0 heterocycles. The molecule has 0 aromatic heterocycles. The molecule has 0 aliphatic heterocycles. The second kappa shape index (κ2) is 5.88. The molecular formula is C13H14N4O4. The van der Waals surface area contributed by atoms with Gasteiger partial charge in [-0.3, -0.25) is 0 Å². The number of rotatable bonds is 4. The largest absolute Gasteiger partial charge is 0.237 e. The maximum Gasteiger partial charge on any atom is 0.237 e. The Morgan fingerprint density at radius 2 is 1.33 bits per heavy atom. The summed E-state index contributed by atoms with van der Waals surface area (Å²) in [6.45, 7) is 5.04. The Kier molecular flexibility index (Phi) is 4.64. The standard InChI is InChI=1S/C13H14N4O4/c1-11(2)4-13(16-8-20,17-9-21)5-12(3,15-7-19)10(11)14-6-18/h10H,4-5H2,1-3H3. The van der Waals surface area contributed by atoms with Crippen LogP contribution >= 0.6 is 0 Å². The van der Waals surface area contributed by atoms with Crippen LogP contribution in [-0.2, 0) is 19.2 Å². The number of hydrogen-bond acceptors (Lipinski definition) is 8. The molecule has 0 N–H and O–H groups in total. The summed E-state index contributed by atoms with van der Waals surface area (Å²) < 4.78 is 0. The topological polar surface area (TPSA) is 118 Å². The average molecular weight is 290 g/mol. The molecule has 1 aliphatic carbocycles. The normalized spacial score (nSPS) is 33.4. The molecule has 1 saturated carbocycles. The fourth-order valence-corrected chi connectivity index (χ4v) is 3.32. The molecule has 0 radical (unpaired) electrons. The molecule has 8 nitrogen and oxygen atoms in total. The van der Waals surface area contributed by atoms with Crippen LogP contribution in [0.3, 0.4) is 0 Å². The summed E-state index contributed by atoms with van der Waals surface area (Å²) >= 11 is 0. The SMILES string of the molecule is CC1(C)CC(N=C=O)(N=C=O)CC(C)(N=C=O)C1N=C=O. The lowest BCUT2D eigenvalue weighted by molar-refractivity contribution is 0.0674. The summed E-state index contributed by atoms with van der Waals surface area (Å²) in [5.41, 5.74) is -3.37. The molecule has 0 saturated heterocycles. The predicted molar refractivity (Wildman–Crippen MR) is 70.4 cm³/mol. The summed E-state index contributed by atoms with van der Waals surface area (Å²) in [5.74, 6) is 0. The highest BCUT2D eigenvalue weighted by atomic mass is 16.1. The van der Waals surface area contributed by atoms with Gasteiger partial charge in [-0.05, 0) is 12.3 Å². The first-order valence-corrected chi connectivity index (χ1v) is 6.13. The predicted octanol–water partition coefficient (Wildman–Crippen LogP) is 0.973. The second-order valence-corrected chi connectivity index (χ2v) is 5.91. The van der Waals surface area contributed by atoms with Crippen molar-refractivity contribution < 1.29 is 19.2 Å². The molecule has 8 heteroatoms. The Morgan fingerprint density at radius 3 is 1.76 bits per heavy atom. The van der Waals surface area contributed by atoms with Crippen molar-refractivity contribution in [1.82, 2.24) is 0 Å². The van der Waals surface area contributed by atoms with Crippen LogP contribution in [0.2, 0.25) is 0 Å². The minimum atomic E-state index is -1.43. The quantitative estimate of drug-likeness (QED) is 0.566.